The van der Waals surface area contributed by atoms with Gasteiger partial charge in [0.1, 0.15) is 5.75 Å². The summed E-state index contributed by atoms with van der Waals surface area (Å²) in [6.07, 6.45) is 1.21. The van der Waals surface area contributed by atoms with Gasteiger partial charge in [-0.05, 0) is 35.4 Å². The fourth-order valence-corrected chi connectivity index (χ4v) is 3.25. The van der Waals surface area contributed by atoms with Crippen LogP contribution in [0.4, 0.5) is 0 Å². The van der Waals surface area contributed by atoms with Crippen LogP contribution >= 0.6 is 11.6 Å². The van der Waals surface area contributed by atoms with Gasteiger partial charge in [-0.2, -0.15) is 0 Å². The molecule has 1 aliphatic heterocycles. The van der Waals surface area contributed by atoms with Gasteiger partial charge >= 0.3 is 0 Å². The fraction of sp³-hybridized carbons (Fsp3) is 0.647. The molecule has 1 heterocycles. The first-order valence-electron chi connectivity index (χ1n) is 7.37. The Morgan fingerprint density at radius 3 is 2.40 bits per heavy atom. The summed E-state index contributed by atoms with van der Waals surface area (Å²) < 4.78 is 5.21. The zero-order valence-corrected chi connectivity index (χ0v) is 13.8. The molecule has 0 radical (unpaired) electrons. The van der Waals surface area contributed by atoms with Crippen LogP contribution in [0.3, 0.4) is 0 Å². The molecular formula is C17H26ClNO. The molecule has 3 heteroatoms. The summed E-state index contributed by atoms with van der Waals surface area (Å²) in [5.74, 6) is 2.36. The average Bonchev–Trinajstić information content (AvgIpc) is 2.82. The molecule has 0 saturated carbocycles. The van der Waals surface area contributed by atoms with Gasteiger partial charge in [0.15, 0.2) is 0 Å². The zero-order valence-electron chi connectivity index (χ0n) is 13.0. The maximum Gasteiger partial charge on any atom is 0.118 e. The summed E-state index contributed by atoms with van der Waals surface area (Å²) in [6.45, 7) is 9.13. The third-order valence-corrected chi connectivity index (χ3v) is 4.83. The first kappa shape index (κ1) is 15.7. The monoisotopic (exact) mass is 295 g/mol. The lowest BCUT2D eigenvalue weighted by Crippen LogP contribution is -2.30. The van der Waals surface area contributed by atoms with E-state index in [0.717, 1.165) is 30.6 Å². The molecule has 0 unspecified atom stereocenters. The van der Waals surface area contributed by atoms with Gasteiger partial charge in [-0.1, -0.05) is 32.9 Å². The highest BCUT2D eigenvalue weighted by Crippen LogP contribution is 2.37. The van der Waals surface area contributed by atoms with E-state index in [0.29, 0.717) is 11.5 Å². The molecule has 20 heavy (non-hydrogen) atoms. The molecule has 1 aliphatic rings. The molecule has 1 aromatic carbocycles. The summed E-state index contributed by atoms with van der Waals surface area (Å²) in [6, 6.07) is 8.86. The molecule has 0 bridgehead atoms. The largest absolute Gasteiger partial charge is 0.497 e. The predicted molar refractivity (Wildman–Crippen MR) is 85.5 cm³/mol. The van der Waals surface area contributed by atoms with Gasteiger partial charge in [0.05, 0.1) is 7.11 Å². The van der Waals surface area contributed by atoms with Gasteiger partial charge in [0.2, 0.25) is 0 Å². The van der Waals surface area contributed by atoms with Crippen LogP contribution in [0.15, 0.2) is 24.3 Å². The lowest BCUT2D eigenvalue weighted by atomic mass is 9.79. The summed E-state index contributed by atoms with van der Waals surface area (Å²) in [7, 11) is 1.70. The number of methoxy groups -OCH3 is 1. The Kier molecular flexibility index (Phi) is 4.98. The minimum Gasteiger partial charge on any atom is -0.497 e. The van der Waals surface area contributed by atoms with E-state index in [9.17, 15) is 0 Å². The second kappa shape index (κ2) is 6.36. The Morgan fingerprint density at radius 2 is 1.90 bits per heavy atom. The molecule has 112 valence electrons. The Balaban J connectivity index is 2.03. The number of benzene rings is 1. The molecule has 1 saturated heterocycles. The number of ether oxygens (including phenoxy) is 1. The molecule has 0 spiro atoms. The second-order valence-corrected chi connectivity index (χ2v) is 7.19. The number of alkyl halides is 1. The second-order valence-electron chi connectivity index (χ2n) is 6.88. The highest BCUT2D eigenvalue weighted by Gasteiger charge is 2.37. The summed E-state index contributed by atoms with van der Waals surface area (Å²) >= 11 is 6.17. The molecule has 2 nitrogen and oxygen atoms in total. The minimum absolute atomic E-state index is 0.360. The van der Waals surface area contributed by atoms with Gasteiger partial charge in [0, 0.05) is 25.0 Å². The maximum absolute atomic E-state index is 6.17. The number of hydrogen-bond acceptors (Lipinski definition) is 2. The highest BCUT2D eigenvalue weighted by atomic mass is 35.5. The van der Waals surface area contributed by atoms with E-state index in [1.807, 2.05) is 12.1 Å². The van der Waals surface area contributed by atoms with E-state index in [-0.39, 0.29) is 0 Å². The van der Waals surface area contributed by atoms with Gasteiger partial charge < -0.3 is 4.74 Å². The van der Waals surface area contributed by atoms with Crippen molar-refractivity contribution in [2.24, 2.45) is 11.3 Å². The lowest BCUT2D eigenvalue weighted by Gasteiger charge is -2.27. The zero-order chi connectivity index (χ0) is 14.8. The molecule has 0 amide bonds. The quantitative estimate of drug-likeness (QED) is 0.773. The first-order valence-corrected chi connectivity index (χ1v) is 7.90. The normalized spacial score (nSPS) is 24.1. The summed E-state index contributed by atoms with van der Waals surface area (Å²) in [5.41, 5.74) is 1.69. The van der Waals surface area contributed by atoms with Crippen molar-refractivity contribution in [1.29, 1.82) is 0 Å². The number of hydrogen-bond donors (Lipinski definition) is 0. The SMILES string of the molecule is COc1ccc(CN2C[C@H](C(C)(C)C)C[C@@H]2CCl)cc1. The summed E-state index contributed by atoms with van der Waals surface area (Å²) in [4.78, 5) is 2.53. The molecular weight excluding hydrogens is 270 g/mol. The first-order chi connectivity index (χ1) is 9.44. The van der Waals surface area contributed by atoms with Gasteiger partial charge in [-0.3, -0.25) is 4.90 Å². The van der Waals surface area contributed by atoms with Gasteiger partial charge in [-0.15, -0.1) is 11.6 Å². The van der Waals surface area contributed by atoms with Crippen molar-refractivity contribution in [3.05, 3.63) is 29.8 Å². The molecule has 0 aliphatic carbocycles. The molecule has 1 aromatic rings. The molecule has 2 rings (SSSR count). The Labute approximate surface area is 128 Å². The minimum atomic E-state index is 0.360. The topological polar surface area (TPSA) is 12.5 Å². The Bertz CT molecular complexity index is 424. The molecule has 0 N–H and O–H groups in total. The van der Waals surface area contributed by atoms with E-state index in [4.69, 9.17) is 16.3 Å². The van der Waals surface area contributed by atoms with Gasteiger partial charge in [0.25, 0.3) is 0 Å². The van der Waals surface area contributed by atoms with Crippen LogP contribution in [0.25, 0.3) is 0 Å². The van der Waals surface area contributed by atoms with E-state index >= 15 is 0 Å². The maximum atomic E-state index is 6.17. The van der Waals surface area contributed by atoms with Crippen molar-refractivity contribution < 1.29 is 4.74 Å². The van der Waals surface area contributed by atoms with E-state index in [2.05, 4.69) is 37.8 Å². The van der Waals surface area contributed by atoms with Crippen molar-refractivity contribution >= 4 is 11.6 Å². The predicted octanol–water partition coefficient (Wildman–Crippen LogP) is 4.17. The lowest BCUT2D eigenvalue weighted by molar-refractivity contribution is 0.217. The van der Waals surface area contributed by atoms with Crippen LogP contribution < -0.4 is 4.74 Å². The van der Waals surface area contributed by atoms with Crippen LogP contribution in [0, 0.1) is 11.3 Å². The number of likely N-dealkylation sites (tertiary alicyclic amines) is 1. The number of rotatable bonds is 4. The van der Waals surface area contributed by atoms with Crippen LogP contribution in [0.1, 0.15) is 32.8 Å². The fourth-order valence-electron chi connectivity index (χ4n) is 2.93. The standard InChI is InChI=1S/C17H26ClNO/c1-17(2,3)14-9-15(10-18)19(12-14)11-13-5-7-16(20-4)8-6-13/h5-8,14-15H,9-12H2,1-4H3/t14-,15-/m1/s1. The van der Waals surface area contributed by atoms with E-state index in [1.165, 1.54) is 12.0 Å². The van der Waals surface area contributed by atoms with Crippen LogP contribution in [0.2, 0.25) is 0 Å². The van der Waals surface area contributed by atoms with Crippen molar-refractivity contribution in [2.45, 2.75) is 39.8 Å². The molecule has 0 aromatic heterocycles. The highest BCUT2D eigenvalue weighted by molar-refractivity contribution is 6.18. The number of halogens is 1. The average molecular weight is 296 g/mol. The van der Waals surface area contributed by atoms with Crippen molar-refractivity contribution in [1.82, 2.24) is 4.90 Å². The van der Waals surface area contributed by atoms with Crippen LogP contribution in [0.5, 0.6) is 5.75 Å². The summed E-state index contributed by atoms with van der Waals surface area (Å²) in [5, 5.41) is 0. The van der Waals surface area contributed by atoms with Crippen LogP contribution in [-0.4, -0.2) is 30.5 Å². The Morgan fingerprint density at radius 1 is 1.25 bits per heavy atom. The number of nitrogens with zero attached hydrogens (tertiary/aromatic N) is 1. The third-order valence-electron chi connectivity index (χ3n) is 4.48. The third kappa shape index (κ3) is 3.67. The van der Waals surface area contributed by atoms with Gasteiger partial charge in [-0.25, -0.2) is 0 Å². The van der Waals surface area contributed by atoms with Crippen LogP contribution in [-0.2, 0) is 6.54 Å². The van der Waals surface area contributed by atoms with E-state index < -0.39 is 0 Å². The molecule has 1 fully saturated rings. The molecule has 2 atom stereocenters. The van der Waals surface area contributed by atoms with E-state index in [1.54, 1.807) is 7.11 Å². The van der Waals surface area contributed by atoms with Crippen molar-refractivity contribution in [3.8, 4) is 5.75 Å². The smallest absolute Gasteiger partial charge is 0.118 e. The van der Waals surface area contributed by atoms with Crippen molar-refractivity contribution in [3.63, 3.8) is 0 Å². The van der Waals surface area contributed by atoms with Crippen molar-refractivity contribution in [2.75, 3.05) is 19.5 Å². The Hall–Kier alpha value is -0.730.